The van der Waals surface area contributed by atoms with Crippen molar-refractivity contribution in [1.82, 2.24) is 10.1 Å². The van der Waals surface area contributed by atoms with Crippen molar-refractivity contribution in [3.63, 3.8) is 0 Å². The molecule has 7 heteroatoms. The normalized spacial score (nSPS) is 10.9. The predicted molar refractivity (Wildman–Crippen MR) is 70.5 cm³/mol. The van der Waals surface area contributed by atoms with E-state index in [9.17, 15) is 4.39 Å². The van der Waals surface area contributed by atoms with Crippen molar-refractivity contribution in [3.8, 4) is 11.5 Å². The molecule has 1 aromatic carbocycles. The van der Waals surface area contributed by atoms with Crippen LogP contribution >= 0.6 is 0 Å². The molecule has 0 radical (unpaired) electrons. The smallest absolute Gasteiger partial charge is 0.260 e. The van der Waals surface area contributed by atoms with Crippen molar-refractivity contribution < 1.29 is 18.4 Å². The summed E-state index contributed by atoms with van der Waals surface area (Å²) in [6, 6.07) is 4.02. The molecule has 0 aliphatic rings. The first-order valence-corrected chi connectivity index (χ1v) is 6.15. The van der Waals surface area contributed by atoms with E-state index in [1.807, 2.05) is 0 Å². The highest BCUT2D eigenvalue weighted by molar-refractivity contribution is 5.70. The molecule has 1 heterocycles. The van der Waals surface area contributed by atoms with Gasteiger partial charge in [0.1, 0.15) is 5.82 Å². The SMILES string of the molecule is COCCOCCc1noc(-c2ccc(F)cc2N)n1. The predicted octanol–water partition coefficient (Wildman–Crippen LogP) is 1.66. The Morgan fingerprint density at radius 2 is 2.15 bits per heavy atom. The molecule has 2 rings (SSSR count). The minimum Gasteiger partial charge on any atom is -0.398 e. The zero-order valence-corrected chi connectivity index (χ0v) is 11.1. The summed E-state index contributed by atoms with van der Waals surface area (Å²) in [4.78, 5) is 4.20. The average Bonchev–Trinajstić information content (AvgIpc) is 2.87. The van der Waals surface area contributed by atoms with Gasteiger partial charge in [0.2, 0.25) is 0 Å². The molecule has 108 valence electrons. The van der Waals surface area contributed by atoms with Gasteiger partial charge in [-0.1, -0.05) is 5.16 Å². The zero-order valence-electron chi connectivity index (χ0n) is 11.1. The van der Waals surface area contributed by atoms with Gasteiger partial charge in [0.15, 0.2) is 5.82 Å². The number of nitrogens with two attached hydrogens (primary N) is 1. The van der Waals surface area contributed by atoms with Crippen LogP contribution in [-0.4, -0.2) is 37.1 Å². The van der Waals surface area contributed by atoms with Crippen LogP contribution in [0, 0.1) is 5.82 Å². The minimum atomic E-state index is -0.405. The second-order valence-electron chi connectivity index (χ2n) is 4.10. The van der Waals surface area contributed by atoms with Gasteiger partial charge in [-0.2, -0.15) is 4.98 Å². The highest BCUT2D eigenvalue weighted by Crippen LogP contribution is 2.24. The van der Waals surface area contributed by atoms with E-state index in [2.05, 4.69) is 10.1 Å². The van der Waals surface area contributed by atoms with Gasteiger partial charge in [0.25, 0.3) is 5.89 Å². The Kier molecular flexibility index (Phi) is 5.03. The lowest BCUT2D eigenvalue weighted by Gasteiger charge is -2.00. The van der Waals surface area contributed by atoms with Crippen LogP contribution in [0.1, 0.15) is 5.82 Å². The molecule has 0 saturated heterocycles. The van der Waals surface area contributed by atoms with Gasteiger partial charge in [-0.05, 0) is 18.2 Å². The maximum atomic E-state index is 13.0. The molecule has 20 heavy (non-hydrogen) atoms. The molecule has 0 amide bonds. The lowest BCUT2D eigenvalue weighted by Crippen LogP contribution is -2.05. The first-order valence-electron chi connectivity index (χ1n) is 6.15. The van der Waals surface area contributed by atoms with Gasteiger partial charge >= 0.3 is 0 Å². The number of ether oxygens (including phenoxy) is 2. The van der Waals surface area contributed by atoms with E-state index in [-0.39, 0.29) is 11.6 Å². The van der Waals surface area contributed by atoms with E-state index in [0.29, 0.717) is 37.6 Å². The van der Waals surface area contributed by atoms with Crippen LogP contribution in [0.4, 0.5) is 10.1 Å². The third-order valence-corrected chi connectivity index (χ3v) is 2.61. The number of hydrogen-bond donors (Lipinski definition) is 1. The quantitative estimate of drug-likeness (QED) is 0.614. The Morgan fingerprint density at radius 1 is 1.30 bits per heavy atom. The van der Waals surface area contributed by atoms with Crippen molar-refractivity contribution in [2.45, 2.75) is 6.42 Å². The second kappa shape index (κ2) is 6.97. The lowest BCUT2D eigenvalue weighted by molar-refractivity contribution is 0.0714. The van der Waals surface area contributed by atoms with Crippen molar-refractivity contribution in [2.75, 3.05) is 32.7 Å². The highest BCUT2D eigenvalue weighted by Gasteiger charge is 2.12. The molecule has 0 aliphatic carbocycles. The summed E-state index contributed by atoms with van der Waals surface area (Å²) >= 11 is 0. The van der Waals surface area contributed by atoms with Crippen molar-refractivity contribution in [1.29, 1.82) is 0 Å². The zero-order chi connectivity index (χ0) is 14.4. The van der Waals surface area contributed by atoms with Crippen LogP contribution in [-0.2, 0) is 15.9 Å². The molecular weight excluding hydrogens is 265 g/mol. The minimum absolute atomic E-state index is 0.261. The van der Waals surface area contributed by atoms with Crippen LogP contribution in [0.25, 0.3) is 11.5 Å². The number of hydrogen-bond acceptors (Lipinski definition) is 6. The van der Waals surface area contributed by atoms with Crippen LogP contribution in [0.2, 0.25) is 0 Å². The Balaban J connectivity index is 1.95. The number of benzene rings is 1. The fraction of sp³-hybridized carbons (Fsp3) is 0.385. The molecule has 0 saturated carbocycles. The fourth-order valence-corrected chi connectivity index (χ4v) is 1.60. The van der Waals surface area contributed by atoms with Crippen LogP contribution in [0.15, 0.2) is 22.7 Å². The third-order valence-electron chi connectivity index (χ3n) is 2.61. The van der Waals surface area contributed by atoms with E-state index in [1.54, 1.807) is 7.11 Å². The maximum Gasteiger partial charge on any atom is 0.260 e. The van der Waals surface area contributed by atoms with Crippen molar-refractivity contribution in [3.05, 3.63) is 29.8 Å². The van der Waals surface area contributed by atoms with Gasteiger partial charge in [0.05, 0.1) is 25.4 Å². The van der Waals surface area contributed by atoms with E-state index in [4.69, 9.17) is 19.7 Å². The van der Waals surface area contributed by atoms with Crippen molar-refractivity contribution in [2.24, 2.45) is 0 Å². The van der Waals surface area contributed by atoms with Crippen LogP contribution in [0.5, 0.6) is 0 Å². The first kappa shape index (κ1) is 14.4. The number of halogens is 1. The molecule has 0 unspecified atom stereocenters. The molecule has 0 atom stereocenters. The standard InChI is InChI=1S/C13H16FN3O3/c1-18-6-7-19-5-4-12-16-13(20-17-12)10-3-2-9(14)8-11(10)15/h2-3,8H,4-7,15H2,1H3. The molecule has 0 bridgehead atoms. The topological polar surface area (TPSA) is 83.4 Å². The van der Waals surface area contributed by atoms with Crippen LogP contribution in [0.3, 0.4) is 0 Å². The summed E-state index contributed by atoms with van der Waals surface area (Å²) in [5, 5.41) is 3.83. The molecular formula is C13H16FN3O3. The number of aromatic nitrogens is 2. The Bertz CT molecular complexity index is 560. The van der Waals surface area contributed by atoms with Gasteiger partial charge in [-0.25, -0.2) is 4.39 Å². The number of nitrogen functional groups attached to an aromatic ring is 1. The average molecular weight is 281 g/mol. The summed E-state index contributed by atoms with van der Waals surface area (Å²) < 4.78 is 28.2. The lowest BCUT2D eigenvalue weighted by atomic mass is 10.2. The Morgan fingerprint density at radius 3 is 2.90 bits per heavy atom. The largest absolute Gasteiger partial charge is 0.398 e. The van der Waals surface area contributed by atoms with Crippen LogP contribution < -0.4 is 5.73 Å². The number of anilines is 1. The summed E-state index contributed by atoms with van der Waals surface area (Å²) in [6.45, 7) is 1.54. The molecule has 0 spiro atoms. The summed E-state index contributed by atoms with van der Waals surface area (Å²) in [5.41, 5.74) is 6.49. The van der Waals surface area contributed by atoms with Crippen molar-refractivity contribution >= 4 is 5.69 Å². The molecule has 2 aromatic rings. The molecule has 0 aliphatic heterocycles. The molecule has 1 aromatic heterocycles. The summed E-state index contributed by atoms with van der Waals surface area (Å²) in [7, 11) is 1.61. The maximum absolute atomic E-state index is 13.0. The van der Waals surface area contributed by atoms with E-state index in [1.165, 1.54) is 18.2 Å². The molecule has 6 nitrogen and oxygen atoms in total. The van der Waals surface area contributed by atoms with Gasteiger partial charge < -0.3 is 19.7 Å². The van der Waals surface area contributed by atoms with Gasteiger partial charge in [-0.15, -0.1) is 0 Å². The Labute approximate surface area is 115 Å². The summed E-state index contributed by atoms with van der Waals surface area (Å²) in [5.74, 6) is 0.382. The monoisotopic (exact) mass is 281 g/mol. The number of nitrogens with zero attached hydrogens (tertiary/aromatic N) is 2. The number of methoxy groups -OCH3 is 1. The first-order chi connectivity index (χ1) is 9.70. The van der Waals surface area contributed by atoms with Gasteiger partial charge in [-0.3, -0.25) is 0 Å². The summed E-state index contributed by atoms with van der Waals surface area (Å²) in [6.07, 6.45) is 0.522. The Hall–Kier alpha value is -1.99. The molecule has 0 fully saturated rings. The van der Waals surface area contributed by atoms with E-state index < -0.39 is 5.82 Å². The number of rotatable bonds is 7. The third kappa shape index (κ3) is 3.75. The van der Waals surface area contributed by atoms with E-state index in [0.717, 1.165) is 0 Å². The van der Waals surface area contributed by atoms with Gasteiger partial charge in [0, 0.05) is 19.2 Å². The van der Waals surface area contributed by atoms with E-state index >= 15 is 0 Å². The fourth-order valence-electron chi connectivity index (χ4n) is 1.60. The molecule has 2 N–H and O–H groups in total. The highest BCUT2D eigenvalue weighted by atomic mass is 19.1. The second-order valence-corrected chi connectivity index (χ2v) is 4.10.